The van der Waals surface area contributed by atoms with Crippen molar-refractivity contribution in [3.63, 3.8) is 0 Å². The van der Waals surface area contributed by atoms with Gasteiger partial charge in [0.1, 0.15) is 11.3 Å². The van der Waals surface area contributed by atoms with Crippen molar-refractivity contribution in [3.8, 4) is 17.2 Å². The largest absolute Gasteiger partial charge is 0.493 e. The smallest absolute Gasteiger partial charge is 0.233 e. The van der Waals surface area contributed by atoms with Gasteiger partial charge in [0.05, 0.1) is 38.3 Å². The normalized spacial score (nSPS) is 10.9. The third-order valence-electron chi connectivity index (χ3n) is 5.36. The van der Waals surface area contributed by atoms with Crippen LogP contribution in [0.2, 0.25) is 0 Å². The van der Waals surface area contributed by atoms with Gasteiger partial charge in [-0.15, -0.1) is 0 Å². The van der Waals surface area contributed by atoms with Crippen molar-refractivity contribution in [2.75, 3.05) is 32.3 Å². The number of para-hydroxylation sites is 1. The molecule has 2 aromatic carbocycles. The molecule has 2 aromatic heterocycles. The number of fused-ring (bicyclic) bond motifs is 1. The second kappa shape index (κ2) is 11.0. The van der Waals surface area contributed by atoms with Gasteiger partial charge in [-0.1, -0.05) is 23.5 Å². The highest BCUT2D eigenvalue weighted by atomic mass is 32.1. The summed E-state index contributed by atoms with van der Waals surface area (Å²) in [5.74, 6) is 1.93. The van der Waals surface area contributed by atoms with Crippen LogP contribution in [-0.2, 0) is 17.8 Å². The standard InChI is InChI=1S/C25H28N4O4S/c1-4-33-20-7-5-8-22-24(20)27-25(34-22)29(13-6-12-28-14-11-26-17-28)23(30)16-18-9-10-19(31-2)21(15-18)32-3/h5,7-11,14-15,17H,4,6,12-13,16H2,1-3H3. The van der Waals surface area contributed by atoms with Gasteiger partial charge in [0.15, 0.2) is 16.6 Å². The van der Waals surface area contributed by atoms with Gasteiger partial charge in [0, 0.05) is 25.5 Å². The molecule has 178 valence electrons. The van der Waals surface area contributed by atoms with E-state index in [2.05, 4.69) is 4.98 Å². The molecule has 0 fully saturated rings. The summed E-state index contributed by atoms with van der Waals surface area (Å²) in [4.78, 5) is 24.2. The summed E-state index contributed by atoms with van der Waals surface area (Å²) < 4.78 is 19.5. The molecule has 0 unspecified atom stereocenters. The van der Waals surface area contributed by atoms with Gasteiger partial charge in [-0.2, -0.15) is 0 Å². The number of benzene rings is 2. The van der Waals surface area contributed by atoms with E-state index >= 15 is 0 Å². The highest BCUT2D eigenvalue weighted by molar-refractivity contribution is 7.22. The van der Waals surface area contributed by atoms with Gasteiger partial charge < -0.3 is 18.8 Å². The van der Waals surface area contributed by atoms with Crippen molar-refractivity contribution in [2.24, 2.45) is 0 Å². The number of nitrogens with zero attached hydrogens (tertiary/aromatic N) is 4. The number of amides is 1. The summed E-state index contributed by atoms with van der Waals surface area (Å²) in [6, 6.07) is 11.4. The Labute approximate surface area is 202 Å². The first kappa shape index (κ1) is 23.6. The molecule has 0 atom stereocenters. The Morgan fingerprint density at radius 2 is 1.97 bits per heavy atom. The van der Waals surface area contributed by atoms with Crippen LogP contribution in [0.5, 0.6) is 17.2 Å². The Hall–Kier alpha value is -3.59. The first-order chi connectivity index (χ1) is 16.6. The van der Waals surface area contributed by atoms with E-state index < -0.39 is 0 Å². The molecule has 0 aliphatic carbocycles. The third kappa shape index (κ3) is 5.31. The van der Waals surface area contributed by atoms with Crippen LogP contribution in [0.3, 0.4) is 0 Å². The maximum atomic E-state index is 13.5. The van der Waals surface area contributed by atoms with Gasteiger partial charge in [0.2, 0.25) is 5.91 Å². The summed E-state index contributed by atoms with van der Waals surface area (Å²) in [5, 5.41) is 0.665. The topological polar surface area (TPSA) is 78.7 Å². The summed E-state index contributed by atoms with van der Waals surface area (Å²) in [6.45, 7) is 3.79. The van der Waals surface area contributed by atoms with E-state index in [1.54, 1.807) is 31.6 Å². The number of carbonyl (C=O) groups excluding carboxylic acids is 1. The number of hydrogen-bond acceptors (Lipinski definition) is 7. The number of rotatable bonds is 11. The Bertz CT molecular complexity index is 1240. The number of ether oxygens (including phenoxy) is 3. The van der Waals surface area contributed by atoms with Gasteiger partial charge >= 0.3 is 0 Å². The van der Waals surface area contributed by atoms with Crippen LogP contribution in [0.4, 0.5) is 5.13 Å². The van der Waals surface area contributed by atoms with Crippen LogP contribution < -0.4 is 19.1 Å². The van der Waals surface area contributed by atoms with E-state index in [4.69, 9.17) is 19.2 Å². The molecule has 2 heterocycles. The number of carbonyl (C=O) groups is 1. The van der Waals surface area contributed by atoms with E-state index in [-0.39, 0.29) is 12.3 Å². The molecule has 0 bridgehead atoms. The second-order valence-corrected chi connectivity index (χ2v) is 8.61. The maximum Gasteiger partial charge on any atom is 0.233 e. The molecular formula is C25H28N4O4S. The molecule has 4 aromatic rings. The number of aromatic nitrogens is 3. The number of methoxy groups -OCH3 is 2. The molecule has 1 amide bonds. The molecule has 0 saturated heterocycles. The lowest BCUT2D eigenvalue weighted by molar-refractivity contribution is -0.118. The fraction of sp³-hybridized carbons (Fsp3) is 0.320. The summed E-state index contributed by atoms with van der Waals surface area (Å²) >= 11 is 1.50. The minimum absolute atomic E-state index is 0.0325. The summed E-state index contributed by atoms with van der Waals surface area (Å²) in [5.41, 5.74) is 1.63. The Kier molecular flexibility index (Phi) is 7.64. The molecule has 9 heteroatoms. The zero-order chi connectivity index (χ0) is 23.9. The summed E-state index contributed by atoms with van der Waals surface area (Å²) in [7, 11) is 3.18. The Balaban J connectivity index is 1.60. The minimum Gasteiger partial charge on any atom is -0.493 e. The lowest BCUT2D eigenvalue weighted by atomic mass is 10.1. The average molecular weight is 481 g/mol. The number of aryl methyl sites for hydroxylation is 1. The molecule has 34 heavy (non-hydrogen) atoms. The first-order valence-electron chi connectivity index (χ1n) is 11.1. The van der Waals surface area contributed by atoms with E-state index in [1.807, 2.05) is 54.1 Å². The molecule has 0 aliphatic rings. The molecule has 0 N–H and O–H groups in total. The predicted octanol–water partition coefficient (Wildman–Crippen LogP) is 4.57. The van der Waals surface area contributed by atoms with Crippen LogP contribution in [0.25, 0.3) is 10.2 Å². The third-order valence-corrected chi connectivity index (χ3v) is 6.41. The van der Waals surface area contributed by atoms with Crippen LogP contribution in [0, 0.1) is 0 Å². The number of hydrogen-bond donors (Lipinski definition) is 0. The monoisotopic (exact) mass is 480 g/mol. The number of anilines is 1. The van der Waals surface area contributed by atoms with Crippen LogP contribution in [-0.4, -0.2) is 47.8 Å². The molecule has 0 saturated carbocycles. The maximum absolute atomic E-state index is 13.5. The van der Waals surface area contributed by atoms with Gasteiger partial charge in [-0.3, -0.25) is 9.69 Å². The van der Waals surface area contributed by atoms with Crippen molar-refractivity contribution in [3.05, 3.63) is 60.7 Å². The van der Waals surface area contributed by atoms with Crippen LogP contribution >= 0.6 is 11.3 Å². The van der Waals surface area contributed by atoms with Crippen molar-refractivity contribution in [1.82, 2.24) is 14.5 Å². The second-order valence-electron chi connectivity index (χ2n) is 7.60. The number of thiazole rings is 1. The average Bonchev–Trinajstić information content (AvgIpc) is 3.52. The van der Waals surface area contributed by atoms with Gasteiger partial charge in [-0.05, 0) is 43.2 Å². The lowest BCUT2D eigenvalue weighted by Gasteiger charge is -2.20. The minimum atomic E-state index is -0.0325. The first-order valence-corrected chi connectivity index (χ1v) is 11.9. The fourth-order valence-electron chi connectivity index (χ4n) is 3.72. The van der Waals surface area contributed by atoms with Gasteiger partial charge in [0.25, 0.3) is 0 Å². The van der Waals surface area contributed by atoms with Gasteiger partial charge in [-0.25, -0.2) is 9.97 Å². The van der Waals surface area contributed by atoms with E-state index in [9.17, 15) is 4.79 Å². The zero-order valence-corrected chi connectivity index (χ0v) is 20.4. The van der Waals surface area contributed by atoms with Crippen LogP contribution in [0.15, 0.2) is 55.1 Å². The summed E-state index contributed by atoms with van der Waals surface area (Å²) in [6.07, 6.45) is 6.44. The molecule has 0 spiro atoms. The van der Waals surface area contributed by atoms with Crippen molar-refractivity contribution >= 4 is 32.6 Å². The van der Waals surface area contributed by atoms with E-state index in [1.165, 1.54) is 11.3 Å². The van der Waals surface area contributed by atoms with Crippen LogP contribution in [0.1, 0.15) is 18.9 Å². The highest BCUT2D eigenvalue weighted by Gasteiger charge is 2.21. The number of imidazole rings is 1. The molecule has 0 radical (unpaired) electrons. The molecule has 0 aliphatic heterocycles. The molecular weight excluding hydrogens is 452 g/mol. The lowest BCUT2D eigenvalue weighted by Crippen LogP contribution is -2.33. The quantitative estimate of drug-likeness (QED) is 0.313. The SMILES string of the molecule is CCOc1cccc2sc(N(CCCn3ccnc3)C(=O)Cc3ccc(OC)c(OC)c3)nc12. The van der Waals surface area contributed by atoms with Crippen molar-refractivity contribution < 1.29 is 19.0 Å². The molecule has 4 rings (SSSR count). The zero-order valence-electron chi connectivity index (χ0n) is 19.6. The van der Waals surface area contributed by atoms with E-state index in [0.29, 0.717) is 29.8 Å². The van der Waals surface area contributed by atoms with Crippen molar-refractivity contribution in [2.45, 2.75) is 26.3 Å². The fourth-order valence-corrected chi connectivity index (χ4v) is 4.74. The van der Waals surface area contributed by atoms with E-state index in [0.717, 1.165) is 34.5 Å². The highest BCUT2D eigenvalue weighted by Crippen LogP contribution is 2.35. The Morgan fingerprint density at radius 3 is 2.71 bits per heavy atom. The van der Waals surface area contributed by atoms with Crippen molar-refractivity contribution in [1.29, 1.82) is 0 Å². The predicted molar refractivity (Wildman–Crippen MR) is 133 cm³/mol. The molecule has 8 nitrogen and oxygen atoms in total. The Morgan fingerprint density at radius 1 is 1.12 bits per heavy atom.